The monoisotopic (exact) mass is 425 g/mol. The Morgan fingerprint density at radius 1 is 1.17 bits per heavy atom. The van der Waals surface area contributed by atoms with E-state index in [1.165, 1.54) is 50.1 Å². The van der Waals surface area contributed by atoms with E-state index >= 15 is 0 Å². The number of nitrogens with one attached hydrogen (secondary N) is 2. The van der Waals surface area contributed by atoms with E-state index in [0.717, 1.165) is 24.9 Å². The van der Waals surface area contributed by atoms with E-state index < -0.39 is 9.84 Å². The molecule has 1 aromatic rings. The zero-order valence-corrected chi connectivity index (χ0v) is 19.0. The normalized spacial score (nSPS) is 20.7. The van der Waals surface area contributed by atoms with Crippen LogP contribution < -0.4 is 10.6 Å². The van der Waals surface area contributed by atoms with Crippen molar-refractivity contribution in [3.05, 3.63) is 35.1 Å². The molecule has 0 unspecified atom stereocenters. The third kappa shape index (κ3) is 8.33. The summed E-state index contributed by atoms with van der Waals surface area (Å²) in [5, 5.41) is 6.64. The number of hydrogen-bond donors (Lipinski definition) is 2. The minimum absolute atomic E-state index is 0.110. The quantitative estimate of drug-likeness (QED) is 0.490. The molecule has 0 amide bonds. The average molecular weight is 426 g/mol. The van der Waals surface area contributed by atoms with Crippen LogP contribution in [0, 0.1) is 23.6 Å². The first-order valence-corrected chi connectivity index (χ1v) is 12.7. The third-order valence-corrected chi connectivity index (χ3v) is 6.57. The molecule has 0 atom stereocenters. The first kappa shape index (κ1) is 23.6. The highest BCUT2D eigenvalue weighted by molar-refractivity contribution is 7.89. The summed E-state index contributed by atoms with van der Waals surface area (Å²) in [5.74, 6) is 2.44. The van der Waals surface area contributed by atoms with Gasteiger partial charge in [-0.2, -0.15) is 0 Å². The summed E-state index contributed by atoms with van der Waals surface area (Å²) in [6.45, 7) is 8.45. The van der Waals surface area contributed by atoms with Gasteiger partial charge in [-0.25, -0.2) is 17.8 Å². The van der Waals surface area contributed by atoms with Crippen molar-refractivity contribution in [3.8, 4) is 0 Å². The summed E-state index contributed by atoms with van der Waals surface area (Å²) in [6, 6.07) is 4.21. The zero-order chi connectivity index (χ0) is 21.4. The average Bonchev–Trinajstić information content (AvgIpc) is 2.65. The molecule has 0 heterocycles. The summed E-state index contributed by atoms with van der Waals surface area (Å²) in [5.41, 5.74) is 1.20. The number of aliphatic imine (C=N–C) groups is 1. The van der Waals surface area contributed by atoms with Gasteiger partial charge >= 0.3 is 0 Å². The fourth-order valence-electron chi connectivity index (χ4n) is 3.97. The van der Waals surface area contributed by atoms with Crippen molar-refractivity contribution in [1.29, 1.82) is 0 Å². The molecule has 29 heavy (non-hydrogen) atoms. The van der Waals surface area contributed by atoms with E-state index in [-0.39, 0.29) is 18.1 Å². The molecule has 1 fully saturated rings. The molecule has 7 heteroatoms. The molecule has 1 aliphatic rings. The SMILES string of the molecule is CCNC(=NCc1cc(F)ccc1CS(C)(=O)=O)NCC1CCC(C(C)C)CC1. The first-order chi connectivity index (χ1) is 13.7. The van der Waals surface area contributed by atoms with Crippen molar-refractivity contribution < 1.29 is 12.8 Å². The second-order valence-electron chi connectivity index (χ2n) is 8.58. The molecule has 1 saturated carbocycles. The van der Waals surface area contributed by atoms with E-state index in [0.29, 0.717) is 23.0 Å². The molecular weight excluding hydrogens is 389 g/mol. The van der Waals surface area contributed by atoms with Crippen LogP contribution in [0.2, 0.25) is 0 Å². The van der Waals surface area contributed by atoms with Gasteiger partial charge in [-0.15, -0.1) is 0 Å². The number of rotatable bonds is 8. The Labute approximate surface area is 175 Å². The van der Waals surface area contributed by atoms with E-state index in [1.54, 1.807) is 0 Å². The molecule has 164 valence electrons. The van der Waals surface area contributed by atoms with Crippen LogP contribution in [0.15, 0.2) is 23.2 Å². The molecule has 0 spiro atoms. The third-order valence-electron chi connectivity index (χ3n) is 5.73. The number of halogens is 1. The minimum Gasteiger partial charge on any atom is -0.357 e. The maximum atomic E-state index is 13.7. The van der Waals surface area contributed by atoms with Gasteiger partial charge in [0.05, 0.1) is 12.3 Å². The van der Waals surface area contributed by atoms with Gasteiger partial charge < -0.3 is 10.6 Å². The van der Waals surface area contributed by atoms with Crippen molar-refractivity contribution in [3.63, 3.8) is 0 Å². The van der Waals surface area contributed by atoms with E-state index in [4.69, 9.17) is 0 Å². The summed E-state index contributed by atoms with van der Waals surface area (Å²) >= 11 is 0. The molecule has 2 N–H and O–H groups in total. The van der Waals surface area contributed by atoms with Gasteiger partial charge in [-0.05, 0) is 73.6 Å². The Bertz CT molecular complexity index is 785. The van der Waals surface area contributed by atoms with Crippen LogP contribution in [-0.2, 0) is 22.1 Å². The van der Waals surface area contributed by atoms with Gasteiger partial charge in [0.2, 0.25) is 0 Å². The van der Waals surface area contributed by atoms with E-state index in [9.17, 15) is 12.8 Å². The van der Waals surface area contributed by atoms with Gasteiger partial charge in [0.15, 0.2) is 15.8 Å². The van der Waals surface area contributed by atoms with Crippen molar-refractivity contribution in [2.45, 2.75) is 58.8 Å². The lowest BCUT2D eigenvalue weighted by Gasteiger charge is -2.31. The number of guanidine groups is 1. The molecule has 5 nitrogen and oxygen atoms in total. The van der Waals surface area contributed by atoms with Gasteiger partial charge in [0.25, 0.3) is 0 Å². The molecule has 1 aliphatic carbocycles. The number of benzene rings is 1. The van der Waals surface area contributed by atoms with Gasteiger partial charge in [-0.1, -0.05) is 19.9 Å². The van der Waals surface area contributed by atoms with Crippen LogP contribution in [0.3, 0.4) is 0 Å². The lowest BCUT2D eigenvalue weighted by Crippen LogP contribution is -2.40. The van der Waals surface area contributed by atoms with E-state index in [1.807, 2.05) is 6.92 Å². The van der Waals surface area contributed by atoms with Crippen LogP contribution >= 0.6 is 0 Å². The second-order valence-corrected chi connectivity index (χ2v) is 10.7. The molecule has 0 bridgehead atoms. The van der Waals surface area contributed by atoms with Crippen LogP contribution in [0.5, 0.6) is 0 Å². The summed E-state index contributed by atoms with van der Waals surface area (Å²) < 4.78 is 37.0. The summed E-state index contributed by atoms with van der Waals surface area (Å²) in [4.78, 5) is 4.58. The highest BCUT2D eigenvalue weighted by Gasteiger charge is 2.23. The van der Waals surface area contributed by atoms with Gasteiger partial charge in [-0.3, -0.25) is 0 Å². The van der Waals surface area contributed by atoms with E-state index in [2.05, 4.69) is 29.5 Å². The Kier molecular flexibility index (Phi) is 8.93. The topological polar surface area (TPSA) is 70.6 Å². The Morgan fingerprint density at radius 3 is 2.45 bits per heavy atom. The molecule has 0 aliphatic heterocycles. The lowest BCUT2D eigenvalue weighted by atomic mass is 9.77. The predicted octanol–water partition coefficient (Wildman–Crippen LogP) is 3.89. The highest BCUT2D eigenvalue weighted by Crippen LogP contribution is 2.32. The van der Waals surface area contributed by atoms with Crippen LogP contribution in [0.1, 0.15) is 57.6 Å². The fraction of sp³-hybridized carbons (Fsp3) is 0.682. The predicted molar refractivity (Wildman–Crippen MR) is 118 cm³/mol. The smallest absolute Gasteiger partial charge is 0.191 e. The first-order valence-electron chi connectivity index (χ1n) is 10.6. The maximum Gasteiger partial charge on any atom is 0.191 e. The fourth-order valence-corrected chi connectivity index (χ4v) is 4.82. The zero-order valence-electron chi connectivity index (χ0n) is 18.2. The van der Waals surface area contributed by atoms with Crippen molar-refractivity contribution in [2.24, 2.45) is 22.7 Å². The Balaban J connectivity index is 2.00. The number of sulfone groups is 1. The highest BCUT2D eigenvalue weighted by atomic mass is 32.2. The number of nitrogens with zero attached hydrogens (tertiary/aromatic N) is 1. The van der Waals surface area contributed by atoms with Crippen molar-refractivity contribution >= 4 is 15.8 Å². The molecule has 1 aromatic carbocycles. The molecule has 0 radical (unpaired) electrons. The largest absolute Gasteiger partial charge is 0.357 e. The Hall–Kier alpha value is -1.63. The Morgan fingerprint density at radius 2 is 1.86 bits per heavy atom. The van der Waals surface area contributed by atoms with Crippen molar-refractivity contribution in [1.82, 2.24) is 10.6 Å². The van der Waals surface area contributed by atoms with Crippen LogP contribution in [0.4, 0.5) is 4.39 Å². The van der Waals surface area contributed by atoms with Crippen LogP contribution in [0.25, 0.3) is 0 Å². The van der Waals surface area contributed by atoms with Gasteiger partial charge in [0, 0.05) is 19.3 Å². The van der Waals surface area contributed by atoms with Gasteiger partial charge in [0.1, 0.15) is 5.82 Å². The summed E-state index contributed by atoms with van der Waals surface area (Å²) in [7, 11) is -3.20. The lowest BCUT2D eigenvalue weighted by molar-refractivity contribution is 0.224. The molecular formula is C22H36FN3O2S. The van der Waals surface area contributed by atoms with Crippen molar-refractivity contribution in [2.75, 3.05) is 19.3 Å². The minimum atomic E-state index is -3.20. The number of hydrogen-bond acceptors (Lipinski definition) is 3. The summed E-state index contributed by atoms with van der Waals surface area (Å²) in [6.07, 6.45) is 6.23. The molecule has 2 rings (SSSR count). The standard InChI is InChI=1S/C22H36FN3O2S/c1-5-24-22(25-13-17-6-8-18(9-7-17)16(2)3)26-14-20-12-21(23)11-10-19(20)15-29(4,27)28/h10-12,16-18H,5-9,13-15H2,1-4H3,(H2,24,25,26). The second kappa shape index (κ2) is 11.0. The maximum absolute atomic E-state index is 13.7. The van der Waals surface area contributed by atoms with Crippen LogP contribution in [-0.4, -0.2) is 33.7 Å². The molecule has 0 aromatic heterocycles. The molecule has 0 saturated heterocycles.